The zero-order valence-corrected chi connectivity index (χ0v) is 36.4. The van der Waals surface area contributed by atoms with Crippen LogP contribution in [0.1, 0.15) is 170 Å². The Balaban J connectivity index is 0.851. The first kappa shape index (κ1) is 42.6. The Hall–Kier alpha value is -3.50. The number of carboxylic acid groups (broad SMARTS) is 1. The van der Waals surface area contributed by atoms with Crippen molar-refractivity contribution < 1.29 is 29.0 Å². The van der Waals surface area contributed by atoms with Crippen molar-refractivity contribution >= 4 is 34.3 Å². The lowest BCUT2D eigenvalue weighted by Crippen LogP contribution is -2.65. The molecule has 0 amide bonds. The van der Waals surface area contributed by atoms with Crippen molar-refractivity contribution in [1.29, 1.82) is 0 Å². The number of allylic oxidation sites excluding steroid dienone is 2. The van der Waals surface area contributed by atoms with E-state index in [1.807, 2.05) is 0 Å². The molecule has 0 aliphatic heterocycles. The molecular formula is C47H70N4O7. The predicted molar refractivity (Wildman–Crippen MR) is 225 cm³/mol. The van der Waals surface area contributed by atoms with E-state index in [0.717, 1.165) is 122 Å². The second-order valence-electron chi connectivity index (χ2n) is 21.4. The first-order chi connectivity index (χ1) is 27.4. The van der Waals surface area contributed by atoms with Gasteiger partial charge in [0, 0.05) is 24.4 Å². The summed E-state index contributed by atoms with van der Waals surface area (Å²) in [7, 11) is 0. The molecule has 0 saturated heterocycles. The molecule has 58 heavy (non-hydrogen) atoms. The molecule has 4 saturated carbocycles. The Morgan fingerprint density at radius 1 is 0.862 bits per heavy atom. The number of nitrogens with zero attached hydrogens (tertiary/aromatic N) is 3. The Bertz CT molecular complexity index is 1900. The highest BCUT2D eigenvalue weighted by molar-refractivity contribution is 5.93. The number of hydrogen-bond acceptors (Lipinski definition) is 9. The minimum atomic E-state index is -0.609. The van der Waals surface area contributed by atoms with Crippen molar-refractivity contribution in [2.45, 2.75) is 177 Å². The molecule has 1 aromatic carbocycles. The van der Waals surface area contributed by atoms with E-state index in [2.05, 4.69) is 70.2 Å². The van der Waals surface area contributed by atoms with Crippen LogP contribution in [0.3, 0.4) is 0 Å². The molecule has 0 spiro atoms. The third-order valence-electron chi connectivity index (χ3n) is 17.5. The number of carboxylic acids is 1. The maximum absolute atomic E-state index is 13.3. The van der Waals surface area contributed by atoms with Gasteiger partial charge in [0.05, 0.1) is 16.0 Å². The summed E-state index contributed by atoms with van der Waals surface area (Å²) in [6.07, 6.45) is 21.4. The van der Waals surface area contributed by atoms with Crippen molar-refractivity contribution in [2.75, 3.05) is 11.9 Å². The van der Waals surface area contributed by atoms with Gasteiger partial charge in [0.2, 0.25) is 5.52 Å². The van der Waals surface area contributed by atoms with Crippen LogP contribution < -0.4 is 5.32 Å². The molecule has 4 fully saturated rings. The van der Waals surface area contributed by atoms with Crippen molar-refractivity contribution in [1.82, 2.24) is 10.3 Å². The largest absolute Gasteiger partial charge is 0.481 e. The van der Waals surface area contributed by atoms with Gasteiger partial charge < -0.3 is 15.2 Å². The molecule has 11 nitrogen and oxygen atoms in total. The molecule has 2 aromatic rings. The molecule has 0 unspecified atom stereocenters. The number of aromatic nitrogens is 2. The summed E-state index contributed by atoms with van der Waals surface area (Å²) in [5.74, 6) is 0.518. The number of anilines is 1. The normalized spacial score (nSPS) is 34.8. The van der Waals surface area contributed by atoms with Gasteiger partial charge in [-0.3, -0.25) is 19.7 Å². The number of non-ortho nitro benzene ring substituents is 1. The molecule has 0 bridgehead atoms. The third-order valence-corrected chi connectivity index (χ3v) is 17.5. The smallest absolute Gasteiger partial charge is 0.310 e. The van der Waals surface area contributed by atoms with Crippen LogP contribution >= 0.6 is 0 Å². The van der Waals surface area contributed by atoms with Crippen molar-refractivity contribution in [3.8, 4) is 0 Å². The van der Waals surface area contributed by atoms with Crippen molar-refractivity contribution in [2.24, 2.45) is 50.2 Å². The highest BCUT2D eigenvalue weighted by atomic mass is 16.6. The Kier molecular flexibility index (Phi) is 11.6. The lowest BCUT2D eigenvalue weighted by atomic mass is 9.33. The van der Waals surface area contributed by atoms with E-state index in [1.54, 1.807) is 6.07 Å². The maximum atomic E-state index is 13.3. The summed E-state index contributed by atoms with van der Waals surface area (Å²) in [6.45, 7) is 17.8. The van der Waals surface area contributed by atoms with E-state index in [4.69, 9.17) is 9.37 Å². The third kappa shape index (κ3) is 7.26. The van der Waals surface area contributed by atoms with Gasteiger partial charge in [-0.25, -0.2) is 4.63 Å². The van der Waals surface area contributed by atoms with Gasteiger partial charge in [-0.05, 0) is 133 Å². The minimum absolute atomic E-state index is 0.00953. The highest BCUT2D eigenvalue weighted by Crippen LogP contribution is 2.76. The van der Waals surface area contributed by atoms with Crippen LogP contribution in [0.5, 0.6) is 0 Å². The number of ether oxygens (including phenoxy) is 1. The first-order valence-corrected chi connectivity index (χ1v) is 22.7. The average molecular weight is 803 g/mol. The highest BCUT2D eigenvalue weighted by Gasteiger charge is 2.69. The number of nitrogens with one attached hydrogen (secondary N) is 1. The number of carbonyl (C=O) groups is 2. The predicted octanol–water partition coefficient (Wildman–Crippen LogP) is 11.9. The number of carbonyl (C=O) groups excluding carboxylic acids is 1. The van der Waals surface area contributed by atoms with Gasteiger partial charge in [-0.1, -0.05) is 98.6 Å². The topological polar surface area (TPSA) is 158 Å². The summed E-state index contributed by atoms with van der Waals surface area (Å²) >= 11 is 0. The molecule has 5 aliphatic carbocycles. The Morgan fingerprint density at radius 2 is 1.53 bits per heavy atom. The van der Waals surface area contributed by atoms with Gasteiger partial charge >= 0.3 is 17.6 Å². The number of unbranched alkanes of at least 4 members (excludes halogenated alkanes) is 7. The zero-order chi connectivity index (χ0) is 41.7. The summed E-state index contributed by atoms with van der Waals surface area (Å²) in [6, 6.07) is 3.08. The van der Waals surface area contributed by atoms with Crippen LogP contribution in [0.25, 0.3) is 11.0 Å². The number of rotatable bonds is 15. The number of hydrogen-bond donors (Lipinski definition) is 2. The molecular weight excluding hydrogens is 733 g/mol. The number of nitro benzene ring substituents is 1. The van der Waals surface area contributed by atoms with Crippen molar-refractivity contribution in [3.05, 3.63) is 33.9 Å². The fourth-order valence-corrected chi connectivity index (χ4v) is 13.9. The standard InChI is InChI=1S/C47H70N4O7/c1-42(2)25-27-47(41(53)54)28-26-45(6)31(32(47)30-42)17-20-36-44(5)23-22-37(43(3,4)35(44)21-24-46(36,45)7)57-38(52)16-14-12-10-8-9-11-13-15-29-48-33-18-19-34(51(55)56)40-39(33)49-58-50-40/h17-19,32,35-37,48H,8-16,20-30H2,1-7H3,(H,53,54)/t32-,35-,36+,37-,44-,45+,46+,47-/m0/s1. The summed E-state index contributed by atoms with van der Waals surface area (Å²) in [4.78, 5) is 37.0. The Labute approximate surface area is 345 Å². The summed E-state index contributed by atoms with van der Waals surface area (Å²) in [5, 5.41) is 32.8. The number of esters is 1. The van der Waals surface area contributed by atoms with E-state index in [9.17, 15) is 24.8 Å². The molecule has 320 valence electrons. The molecule has 11 heteroatoms. The SMILES string of the molecule is CC1(C)CC[C@]2(C(=O)O)CC[C@]3(C)C(=CC[C@@H]4[C@@]5(C)CC[C@H](OC(=O)CCCCCCCCCCNc6ccc([N+](=O)[O-])c7nonc67)C(C)(C)[C@@H]5CC[C@]43C)[C@@H]2C1. The number of aliphatic carboxylic acids is 1. The van der Waals surface area contributed by atoms with E-state index in [0.29, 0.717) is 29.5 Å². The molecule has 1 aromatic heterocycles. The van der Waals surface area contributed by atoms with Crippen LogP contribution in [0.15, 0.2) is 28.4 Å². The van der Waals surface area contributed by atoms with E-state index >= 15 is 0 Å². The Morgan fingerprint density at radius 3 is 2.24 bits per heavy atom. The van der Waals surface area contributed by atoms with Gasteiger partial charge in [0.25, 0.3) is 0 Å². The van der Waals surface area contributed by atoms with Gasteiger partial charge in [0.1, 0.15) is 6.10 Å². The van der Waals surface area contributed by atoms with Crippen LogP contribution in [-0.4, -0.2) is 44.9 Å². The van der Waals surface area contributed by atoms with Crippen LogP contribution in [-0.2, 0) is 14.3 Å². The quantitative estimate of drug-likeness (QED) is 0.0583. The van der Waals surface area contributed by atoms with E-state index < -0.39 is 16.3 Å². The van der Waals surface area contributed by atoms with Gasteiger partial charge in [-0.15, -0.1) is 0 Å². The average Bonchev–Trinajstić information content (AvgIpc) is 3.65. The molecule has 0 radical (unpaired) electrons. The summed E-state index contributed by atoms with van der Waals surface area (Å²) < 4.78 is 11.1. The van der Waals surface area contributed by atoms with E-state index in [1.165, 1.54) is 11.6 Å². The van der Waals surface area contributed by atoms with Crippen LogP contribution in [0, 0.1) is 60.4 Å². The first-order valence-electron chi connectivity index (χ1n) is 22.7. The lowest BCUT2D eigenvalue weighted by Gasteiger charge is -2.71. The minimum Gasteiger partial charge on any atom is -0.481 e. The second kappa shape index (κ2) is 15.8. The number of benzene rings is 1. The molecule has 1 heterocycles. The van der Waals surface area contributed by atoms with Crippen LogP contribution in [0.4, 0.5) is 11.4 Å². The number of fused-ring (bicyclic) bond motifs is 8. The fraction of sp³-hybridized carbons (Fsp3) is 0.787. The van der Waals surface area contributed by atoms with Gasteiger partial charge in [0.15, 0.2) is 5.52 Å². The fourth-order valence-electron chi connectivity index (χ4n) is 13.9. The molecule has 5 aliphatic rings. The molecule has 7 rings (SSSR count). The number of nitro groups is 1. The zero-order valence-electron chi connectivity index (χ0n) is 36.4. The van der Waals surface area contributed by atoms with Gasteiger partial charge in [-0.2, -0.15) is 0 Å². The summed E-state index contributed by atoms with van der Waals surface area (Å²) in [5.41, 5.74) is 2.32. The molecule has 2 N–H and O–H groups in total. The monoisotopic (exact) mass is 803 g/mol. The lowest BCUT2D eigenvalue weighted by molar-refractivity contribution is -0.383. The van der Waals surface area contributed by atoms with E-state index in [-0.39, 0.29) is 56.3 Å². The van der Waals surface area contributed by atoms with Crippen LogP contribution in [0.2, 0.25) is 0 Å². The molecule has 8 atom stereocenters. The maximum Gasteiger partial charge on any atom is 0.310 e. The second-order valence-corrected chi connectivity index (χ2v) is 21.4. The van der Waals surface area contributed by atoms with Crippen molar-refractivity contribution in [3.63, 3.8) is 0 Å².